The molecule has 2 aliphatic heterocycles. The third kappa shape index (κ3) is 3.26. The topological polar surface area (TPSA) is 84.0 Å². The number of carbonyl (C=O) groups excluding carboxylic acids is 2. The van der Waals surface area contributed by atoms with Crippen LogP contribution in [0.3, 0.4) is 0 Å². The Morgan fingerprint density at radius 1 is 1.24 bits per heavy atom. The predicted octanol–water partition coefficient (Wildman–Crippen LogP) is 1.66. The van der Waals surface area contributed by atoms with Gasteiger partial charge in [-0.3, -0.25) is 9.59 Å². The Hall–Kier alpha value is -1.64. The number of carbonyl (C=O) groups is 2. The molecule has 0 N–H and O–H groups in total. The Bertz CT molecular complexity index is 816. The second-order valence-electron chi connectivity index (χ2n) is 6.34. The maximum absolute atomic E-state index is 13.0. The van der Waals surface area contributed by atoms with Crippen LogP contribution >= 0.6 is 11.6 Å². The Labute approximate surface area is 151 Å². The van der Waals surface area contributed by atoms with E-state index in [1.54, 1.807) is 4.90 Å². The van der Waals surface area contributed by atoms with Crippen molar-refractivity contribution < 1.29 is 22.7 Å². The normalized spacial score (nSPS) is 26.1. The van der Waals surface area contributed by atoms with Gasteiger partial charge in [-0.05, 0) is 32.0 Å². The van der Waals surface area contributed by atoms with E-state index in [4.69, 9.17) is 16.3 Å². The predicted molar refractivity (Wildman–Crippen MR) is 93.3 cm³/mol. The molecule has 2 saturated heterocycles. The molecule has 7 nitrogen and oxygen atoms in total. The third-order valence-electron chi connectivity index (χ3n) is 4.40. The molecule has 0 radical (unpaired) electrons. The fourth-order valence-corrected chi connectivity index (χ4v) is 4.87. The van der Waals surface area contributed by atoms with Crippen molar-refractivity contribution in [2.45, 2.75) is 32.4 Å². The molecule has 2 amide bonds. The van der Waals surface area contributed by atoms with Gasteiger partial charge in [-0.2, -0.15) is 0 Å². The Balaban J connectivity index is 2.00. The van der Waals surface area contributed by atoms with Gasteiger partial charge in [0.15, 0.2) is 0 Å². The largest absolute Gasteiger partial charge is 0.377 e. The number of halogens is 1. The van der Waals surface area contributed by atoms with Crippen LogP contribution in [-0.4, -0.2) is 56.2 Å². The third-order valence-corrected chi connectivity index (χ3v) is 6.42. The molecule has 0 aromatic heterocycles. The Kier molecular flexibility index (Phi) is 4.78. The highest BCUT2D eigenvalue weighted by molar-refractivity contribution is 7.94. The van der Waals surface area contributed by atoms with Crippen molar-refractivity contribution in [2.24, 2.45) is 0 Å². The number of ether oxygens (including phenoxy) is 1. The minimum Gasteiger partial charge on any atom is -0.377 e. The zero-order chi connectivity index (χ0) is 18.4. The van der Waals surface area contributed by atoms with Crippen LogP contribution in [0.2, 0.25) is 5.02 Å². The van der Waals surface area contributed by atoms with Crippen LogP contribution in [0, 0.1) is 0 Å². The lowest BCUT2D eigenvalue weighted by Crippen LogP contribution is -2.52. The molecule has 0 bridgehead atoms. The van der Waals surface area contributed by atoms with E-state index in [1.807, 2.05) is 13.8 Å². The van der Waals surface area contributed by atoms with Gasteiger partial charge in [0.1, 0.15) is 0 Å². The fraction of sp³-hybridized carbons (Fsp3) is 0.500. The van der Waals surface area contributed by atoms with E-state index in [1.165, 1.54) is 18.2 Å². The van der Waals surface area contributed by atoms with Crippen molar-refractivity contribution in [3.8, 4) is 0 Å². The number of benzene rings is 1. The molecule has 1 aromatic rings. The average molecular weight is 387 g/mol. The van der Waals surface area contributed by atoms with E-state index in [-0.39, 0.29) is 46.4 Å². The summed E-state index contributed by atoms with van der Waals surface area (Å²) in [5, 5.41) is 0.212. The van der Waals surface area contributed by atoms with Gasteiger partial charge in [0, 0.05) is 6.42 Å². The lowest BCUT2D eigenvalue weighted by Gasteiger charge is -2.39. The van der Waals surface area contributed by atoms with Crippen LogP contribution in [0.1, 0.15) is 30.6 Å². The quantitative estimate of drug-likeness (QED) is 0.771. The summed E-state index contributed by atoms with van der Waals surface area (Å²) in [4.78, 5) is 26.6. The number of rotatable bonds is 2. The molecule has 2 aliphatic rings. The Morgan fingerprint density at radius 2 is 1.88 bits per heavy atom. The lowest BCUT2D eigenvalue weighted by atomic mass is 10.1. The van der Waals surface area contributed by atoms with Crippen LogP contribution < -0.4 is 4.31 Å². The van der Waals surface area contributed by atoms with Crippen LogP contribution in [0.25, 0.3) is 0 Å². The van der Waals surface area contributed by atoms with Crippen molar-refractivity contribution in [1.82, 2.24) is 4.90 Å². The summed E-state index contributed by atoms with van der Waals surface area (Å²) in [6.07, 6.45) is -0.0637. The second-order valence-corrected chi connectivity index (χ2v) is 8.68. The molecule has 2 unspecified atom stereocenters. The summed E-state index contributed by atoms with van der Waals surface area (Å²) in [5.74, 6) is -1.04. The molecule has 136 valence electrons. The number of anilines is 1. The summed E-state index contributed by atoms with van der Waals surface area (Å²) in [6, 6.07) is 3.99. The summed E-state index contributed by atoms with van der Waals surface area (Å²) >= 11 is 6.19. The highest BCUT2D eigenvalue weighted by Gasteiger charge is 2.37. The first-order chi connectivity index (χ1) is 11.7. The molecular formula is C16H19ClN2O5S. The van der Waals surface area contributed by atoms with Crippen LogP contribution in [0.15, 0.2) is 18.2 Å². The number of hydrogen-bond acceptors (Lipinski definition) is 5. The van der Waals surface area contributed by atoms with Gasteiger partial charge in [0.2, 0.25) is 15.9 Å². The monoisotopic (exact) mass is 386 g/mol. The van der Waals surface area contributed by atoms with Crippen LogP contribution in [0.4, 0.5) is 5.69 Å². The SMILES string of the molecule is CC1COCC(C)N1C(=O)c1cc(N2C(=O)CCS2(=O)=O)ccc1Cl. The highest BCUT2D eigenvalue weighted by Crippen LogP contribution is 2.30. The first-order valence-electron chi connectivity index (χ1n) is 7.98. The van der Waals surface area contributed by atoms with E-state index >= 15 is 0 Å². The average Bonchev–Trinajstić information content (AvgIpc) is 2.81. The number of nitrogens with zero attached hydrogens (tertiary/aromatic N) is 2. The van der Waals surface area contributed by atoms with E-state index in [9.17, 15) is 18.0 Å². The van der Waals surface area contributed by atoms with Crippen LogP contribution in [-0.2, 0) is 19.6 Å². The molecule has 9 heteroatoms. The summed E-state index contributed by atoms with van der Waals surface area (Å²) in [7, 11) is -3.70. The molecule has 3 rings (SSSR count). The number of hydrogen-bond donors (Lipinski definition) is 0. The summed E-state index contributed by atoms with van der Waals surface area (Å²) in [5.41, 5.74) is 0.318. The van der Waals surface area contributed by atoms with Crippen molar-refractivity contribution in [3.63, 3.8) is 0 Å². The van der Waals surface area contributed by atoms with Gasteiger partial charge in [0.25, 0.3) is 5.91 Å². The van der Waals surface area contributed by atoms with Crippen molar-refractivity contribution in [2.75, 3.05) is 23.3 Å². The summed E-state index contributed by atoms with van der Waals surface area (Å²) < 4.78 is 30.4. The van der Waals surface area contributed by atoms with Gasteiger partial charge in [-0.1, -0.05) is 11.6 Å². The zero-order valence-corrected chi connectivity index (χ0v) is 15.5. The van der Waals surface area contributed by atoms with Crippen molar-refractivity contribution in [1.29, 1.82) is 0 Å². The molecule has 25 heavy (non-hydrogen) atoms. The molecule has 2 atom stereocenters. The molecular weight excluding hydrogens is 368 g/mol. The number of amides is 2. The number of morpholine rings is 1. The van der Waals surface area contributed by atoms with Gasteiger partial charge < -0.3 is 9.64 Å². The van der Waals surface area contributed by atoms with E-state index in [0.717, 1.165) is 4.31 Å². The molecule has 2 fully saturated rings. The smallest absolute Gasteiger partial charge is 0.256 e. The second kappa shape index (κ2) is 6.59. The minimum atomic E-state index is -3.70. The maximum atomic E-state index is 13.0. The molecule has 0 aliphatic carbocycles. The minimum absolute atomic E-state index is 0.0637. The van der Waals surface area contributed by atoms with Crippen molar-refractivity contribution >= 4 is 39.1 Å². The van der Waals surface area contributed by atoms with Gasteiger partial charge in [-0.15, -0.1) is 0 Å². The van der Waals surface area contributed by atoms with Gasteiger partial charge in [-0.25, -0.2) is 12.7 Å². The fourth-order valence-electron chi connectivity index (χ4n) is 3.22. The first-order valence-corrected chi connectivity index (χ1v) is 9.97. The lowest BCUT2D eigenvalue weighted by molar-refractivity contribution is -0.116. The summed E-state index contributed by atoms with van der Waals surface area (Å²) in [6.45, 7) is 4.60. The van der Waals surface area contributed by atoms with Crippen molar-refractivity contribution in [3.05, 3.63) is 28.8 Å². The number of sulfonamides is 1. The molecule has 0 saturated carbocycles. The molecule has 0 spiro atoms. The van der Waals surface area contributed by atoms with E-state index in [0.29, 0.717) is 13.2 Å². The highest BCUT2D eigenvalue weighted by atomic mass is 35.5. The van der Waals surface area contributed by atoms with Gasteiger partial charge >= 0.3 is 0 Å². The maximum Gasteiger partial charge on any atom is 0.256 e. The molecule has 1 aromatic carbocycles. The van der Waals surface area contributed by atoms with E-state index in [2.05, 4.69) is 0 Å². The van der Waals surface area contributed by atoms with Gasteiger partial charge in [0.05, 0.1) is 47.3 Å². The molecule has 2 heterocycles. The Morgan fingerprint density at radius 3 is 2.44 bits per heavy atom. The standard InChI is InChI=1S/C16H19ClN2O5S/c1-10-8-24-9-11(2)18(10)16(21)13-7-12(3-4-14(13)17)19-15(20)5-6-25(19,22)23/h3-4,7,10-11H,5-6,8-9H2,1-2H3. The van der Waals surface area contributed by atoms with E-state index < -0.39 is 15.9 Å². The van der Waals surface area contributed by atoms with Crippen LogP contribution in [0.5, 0.6) is 0 Å². The zero-order valence-electron chi connectivity index (χ0n) is 13.9. The first kappa shape index (κ1) is 18.2.